The van der Waals surface area contributed by atoms with Crippen LogP contribution in [-0.4, -0.2) is 41.9 Å². The van der Waals surface area contributed by atoms with Crippen molar-refractivity contribution in [2.75, 3.05) is 20.3 Å². The van der Waals surface area contributed by atoms with E-state index in [1.54, 1.807) is 13.1 Å². The lowest BCUT2D eigenvalue weighted by Gasteiger charge is -2.16. The molecule has 1 aliphatic carbocycles. The number of aromatic amines is 1. The average Bonchev–Trinajstić information content (AvgIpc) is 3.16. The zero-order chi connectivity index (χ0) is 20.8. The second-order valence-electron chi connectivity index (χ2n) is 8.41. The molecule has 1 aliphatic heterocycles. The average molecular weight is 403 g/mol. The van der Waals surface area contributed by atoms with Crippen LogP contribution in [0.15, 0.2) is 42.6 Å². The van der Waals surface area contributed by atoms with E-state index in [2.05, 4.69) is 28.3 Å². The highest BCUT2D eigenvalue weighted by molar-refractivity contribution is 6.00. The summed E-state index contributed by atoms with van der Waals surface area (Å²) in [6, 6.07) is 11.6. The lowest BCUT2D eigenvalue weighted by molar-refractivity contribution is 0.0950. The van der Waals surface area contributed by atoms with E-state index < -0.39 is 0 Å². The molecule has 2 fully saturated rings. The predicted octanol–water partition coefficient (Wildman–Crippen LogP) is 3.54. The van der Waals surface area contributed by atoms with E-state index in [9.17, 15) is 9.59 Å². The number of ketones is 1. The summed E-state index contributed by atoms with van der Waals surface area (Å²) in [6.07, 6.45) is 2.43. The van der Waals surface area contributed by atoms with Crippen molar-refractivity contribution in [3.05, 3.63) is 65.1 Å². The zero-order valence-electron chi connectivity index (χ0n) is 17.1. The van der Waals surface area contributed by atoms with E-state index >= 15 is 0 Å². The number of pyridine rings is 1. The van der Waals surface area contributed by atoms with Crippen LogP contribution in [0.3, 0.4) is 0 Å². The molecule has 3 aromatic rings. The van der Waals surface area contributed by atoms with Gasteiger partial charge in [-0.05, 0) is 47.6 Å². The van der Waals surface area contributed by atoms with Crippen molar-refractivity contribution in [3.8, 4) is 0 Å². The van der Waals surface area contributed by atoms with Gasteiger partial charge in [-0.15, -0.1) is 0 Å². The number of hydrogen-bond donors (Lipinski definition) is 2. The van der Waals surface area contributed by atoms with Crippen LogP contribution < -0.4 is 5.32 Å². The number of aromatic nitrogens is 2. The topological polar surface area (TPSA) is 84.1 Å². The molecular weight excluding hydrogens is 378 g/mol. The number of hydrogen-bond acceptors (Lipinski definition) is 4. The molecule has 6 nitrogen and oxygen atoms in total. The molecule has 1 unspecified atom stereocenters. The van der Waals surface area contributed by atoms with Crippen molar-refractivity contribution in [3.63, 3.8) is 0 Å². The Balaban J connectivity index is 1.49. The number of amides is 1. The first-order valence-electron chi connectivity index (χ1n) is 10.5. The molecule has 0 spiro atoms. The first-order chi connectivity index (χ1) is 14.6. The monoisotopic (exact) mass is 403 g/mol. The number of nitrogens with one attached hydrogen (secondary N) is 2. The molecule has 2 aromatic heterocycles. The van der Waals surface area contributed by atoms with Gasteiger partial charge in [0.2, 0.25) is 0 Å². The summed E-state index contributed by atoms with van der Waals surface area (Å²) < 4.78 is 5.44. The molecule has 1 saturated carbocycles. The maximum absolute atomic E-state index is 13.1. The highest BCUT2D eigenvalue weighted by Crippen LogP contribution is 2.53. The maximum Gasteiger partial charge on any atom is 0.269 e. The number of H-pyrrole nitrogens is 1. The van der Waals surface area contributed by atoms with E-state index in [-0.39, 0.29) is 23.3 Å². The molecule has 30 heavy (non-hydrogen) atoms. The molecule has 1 aromatic carbocycles. The molecular formula is C24H25N3O3. The van der Waals surface area contributed by atoms with Gasteiger partial charge in [-0.1, -0.05) is 19.1 Å². The summed E-state index contributed by atoms with van der Waals surface area (Å²) in [5, 5.41) is 3.75. The number of Topliss-reactive ketones (excluding diaryl/α,β-unsaturated/α-hetero) is 1. The van der Waals surface area contributed by atoms with Crippen molar-refractivity contribution in [2.24, 2.45) is 17.8 Å². The van der Waals surface area contributed by atoms with Crippen molar-refractivity contribution in [2.45, 2.75) is 19.3 Å². The molecule has 5 rings (SSSR count). The number of rotatable bonds is 6. The summed E-state index contributed by atoms with van der Waals surface area (Å²) in [4.78, 5) is 33.3. The van der Waals surface area contributed by atoms with Gasteiger partial charge in [0.05, 0.1) is 13.2 Å². The van der Waals surface area contributed by atoms with E-state index in [0.29, 0.717) is 29.7 Å². The van der Waals surface area contributed by atoms with Crippen LogP contribution in [0.4, 0.5) is 0 Å². The first-order valence-corrected chi connectivity index (χ1v) is 10.5. The van der Waals surface area contributed by atoms with E-state index in [1.165, 1.54) is 0 Å². The first kappa shape index (κ1) is 19.0. The minimum Gasteiger partial charge on any atom is -0.381 e. The Hall–Kier alpha value is -2.99. The minimum absolute atomic E-state index is 0.0608. The molecule has 0 radical (unpaired) electrons. The van der Waals surface area contributed by atoms with Crippen LogP contribution >= 0.6 is 0 Å². The Bertz CT molecular complexity index is 1130. The van der Waals surface area contributed by atoms with Crippen molar-refractivity contribution < 1.29 is 14.3 Å². The number of benzene rings is 1. The van der Waals surface area contributed by atoms with Crippen LogP contribution in [0.2, 0.25) is 0 Å². The second-order valence-corrected chi connectivity index (χ2v) is 8.41. The van der Waals surface area contributed by atoms with Crippen molar-refractivity contribution in [1.29, 1.82) is 0 Å². The molecule has 1 amide bonds. The third-order valence-corrected chi connectivity index (χ3v) is 6.72. The van der Waals surface area contributed by atoms with Crippen LogP contribution in [0.1, 0.15) is 51.4 Å². The number of ether oxygens (including phenoxy) is 1. The highest BCUT2D eigenvalue weighted by atomic mass is 16.5. The molecule has 4 atom stereocenters. The summed E-state index contributed by atoms with van der Waals surface area (Å²) in [5.41, 5.74) is 3.75. The lowest BCUT2D eigenvalue weighted by Crippen LogP contribution is -2.21. The van der Waals surface area contributed by atoms with Gasteiger partial charge in [-0.25, -0.2) is 4.98 Å². The zero-order valence-corrected chi connectivity index (χ0v) is 17.1. The fourth-order valence-corrected chi connectivity index (χ4v) is 4.82. The Morgan fingerprint density at radius 3 is 2.80 bits per heavy atom. The van der Waals surface area contributed by atoms with Crippen LogP contribution in [0, 0.1) is 17.8 Å². The summed E-state index contributed by atoms with van der Waals surface area (Å²) in [6.45, 7) is 3.60. The van der Waals surface area contributed by atoms with Crippen LogP contribution in [-0.2, 0) is 4.74 Å². The van der Waals surface area contributed by atoms with Crippen LogP contribution in [0.5, 0.6) is 0 Å². The van der Waals surface area contributed by atoms with E-state index in [1.807, 2.05) is 30.5 Å². The highest BCUT2D eigenvalue weighted by Gasteiger charge is 2.54. The van der Waals surface area contributed by atoms with Gasteiger partial charge in [0.15, 0.2) is 5.78 Å². The van der Waals surface area contributed by atoms with Gasteiger partial charge in [-0.2, -0.15) is 0 Å². The Morgan fingerprint density at radius 1 is 1.23 bits per heavy atom. The largest absolute Gasteiger partial charge is 0.381 e. The van der Waals surface area contributed by atoms with Gasteiger partial charge in [-0.3, -0.25) is 9.59 Å². The lowest BCUT2D eigenvalue weighted by atomic mass is 9.92. The van der Waals surface area contributed by atoms with Crippen molar-refractivity contribution in [1.82, 2.24) is 15.3 Å². The fraction of sp³-hybridized carbons (Fsp3) is 0.375. The summed E-state index contributed by atoms with van der Waals surface area (Å²) in [5.74, 6) is 1.20. The molecule has 6 heteroatoms. The maximum atomic E-state index is 13.1. The SMILES string of the molecule is CNC(=O)c1cc(C(=O)CC2[C@H]3COC[C@@H]23)cc([C@@H](C)c2cccc3[nH]ccc23)n1. The van der Waals surface area contributed by atoms with Crippen LogP contribution in [0.25, 0.3) is 10.9 Å². The fourth-order valence-electron chi connectivity index (χ4n) is 4.82. The van der Waals surface area contributed by atoms with Gasteiger partial charge in [0, 0.05) is 47.7 Å². The van der Waals surface area contributed by atoms with E-state index in [4.69, 9.17) is 4.74 Å². The second kappa shape index (κ2) is 7.36. The Kier molecular flexibility index (Phi) is 4.66. The van der Waals surface area contributed by atoms with Gasteiger partial charge in [0.25, 0.3) is 5.91 Å². The van der Waals surface area contributed by atoms with Gasteiger partial charge in [0.1, 0.15) is 5.69 Å². The Labute approximate surface area is 175 Å². The molecule has 2 N–H and O–H groups in total. The quantitative estimate of drug-likeness (QED) is 0.617. The van der Waals surface area contributed by atoms with E-state index in [0.717, 1.165) is 35.4 Å². The predicted molar refractivity (Wildman–Crippen MR) is 114 cm³/mol. The smallest absolute Gasteiger partial charge is 0.269 e. The molecule has 0 bridgehead atoms. The Morgan fingerprint density at radius 2 is 2.03 bits per heavy atom. The molecule has 2 aliphatic rings. The molecule has 154 valence electrons. The number of fused-ring (bicyclic) bond motifs is 2. The summed E-state index contributed by atoms with van der Waals surface area (Å²) in [7, 11) is 1.58. The minimum atomic E-state index is -0.283. The molecule has 1 saturated heterocycles. The number of carbonyl (C=O) groups is 2. The van der Waals surface area contributed by atoms with Gasteiger partial charge < -0.3 is 15.0 Å². The third-order valence-electron chi connectivity index (χ3n) is 6.72. The van der Waals surface area contributed by atoms with Gasteiger partial charge >= 0.3 is 0 Å². The normalized spacial score (nSPS) is 23.2. The molecule has 3 heterocycles. The number of carbonyl (C=O) groups excluding carboxylic acids is 2. The van der Waals surface area contributed by atoms with Crippen molar-refractivity contribution >= 4 is 22.6 Å². The summed E-state index contributed by atoms with van der Waals surface area (Å²) >= 11 is 0. The standard InChI is InChI=1S/C24H25N3O3/c1-13(15-4-3-5-20-16(15)6-7-26-20)21-8-14(9-22(27-21)24(29)25-2)23(28)10-17-18-11-30-12-19(17)18/h3-9,13,17-19,26H,10-12H2,1-2H3,(H,25,29)/t13-,17?,18-,19+/m0/s1. The third kappa shape index (κ3) is 3.21. The number of nitrogens with zero attached hydrogens (tertiary/aromatic N) is 1.